The number of imide groups is 1. The number of carbonyl (C=O) groups excluding carboxylic acids is 2. The van der Waals surface area contributed by atoms with Gasteiger partial charge in [-0.15, -0.1) is 0 Å². The lowest BCUT2D eigenvalue weighted by molar-refractivity contribution is -0.124. The molecule has 3 saturated heterocycles. The first-order chi connectivity index (χ1) is 12.5. The van der Waals surface area contributed by atoms with Gasteiger partial charge in [0.15, 0.2) is 5.82 Å². The summed E-state index contributed by atoms with van der Waals surface area (Å²) in [7, 11) is 0. The van der Waals surface area contributed by atoms with Crippen LogP contribution in [-0.4, -0.2) is 33.8 Å². The number of fused-ring (bicyclic) bond motifs is 5. The third-order valence-corrected chi connectivity index (χ3v) is 5.88. The highest BCUT2D eigenvalue weighted by molar-refractivity contribution is 6.31. The second kappa shape index (κ2) is 5.62. The third kappa shape index (κ3) is 2.17. The summed E-state index contributed by atoms with van der Waals surface area (Å²) in [6.07, 6.45) is 2.92. The Morgan fingerprint density at radius 2 is 1.85 bits per heavy atom. The van der Waals surface area contributed by atoms with Crippen LogP contribution in [0.5, 0.6) is 0 Å². The van der Waals surface area contributed by atoms with Crippen LogP contribution in [0.3, 0.4) is 0 Å². The first-order valence-corrected chi connectivity index (χ1v) is 8.92. The fraction of sp³-hybridized carbons (Fsp3) is 0.389. The number of carbonyl (C=O) groups is 2. The van der Waals surface area contributed by atoms with Gasteiger partial charge in [0.1, 0.15) is 5.82 Å². The molecule has 6 nitrogen and oxygen atoms in total. The normalized spacial score (nSPS) is 29.7. The van der Waals surface area contributed by atoms with Crippen LogP contribution in [0.4, 0.5) is 10.2 Å². The molecule has 1 aromatic heterocycles. The Bertz CT molecular complexity index is 882. The van der Waals surface area contributed by atoms with E-state index in [0.29, 0.717) is 10.6 Å². The minimum atomic E-state index is -0.425. The quantitative estimate of drug-likeness (QED) is 0.773. The van der Waals surface area contributed by atoms with E-state index in [1.807, 2.05) is 0 Å². The molecular formula is C18H15ClFN3O3. The molecule has 0 saturated carbocycles. The van der Waals surface area contributed by atoms with E-state index in [9.17, 15) is 14.0 Å². The summed E-state index contributed by atoms with van der Waals surface area (Å²) < 4.78 is 21.2. The fourth-order valence-electron chi connectivity index (χ4n) is 4.34. The van der Waals surface area contributed by atoms with E-state index in [-0.39, 0.29) is 36.4 Å². The van der Waals surface area contributed by atoms with E-state index in [2.05, 4.69) is 5.10 Å². The van der Waals surface area contributed by atoms with Crippen molar-refractivity contribution >= 4 is 29.2 Å². The van der Waals surface area contributed by atoms with Crippen molar-refractivity contribution in [3.63, 3.8) is 0 Å². The van der Waals surface area contributed by atoms with Gasteiger partial charge in [0.2, 0.25) is 11.8 Å². The summed E-state index contributed by atoms with van der Waals surface area (Å²) in [6, 6.07) is 6.06. The van der Waals surface area contributed by atoms with E-state index in [1.54, 1.807) is 18.3 Å². The van der Waals surface area contributed by atoms with Gasteiger partial charge in [0.25, 0.3) is 0 Å². The summed E-state index contributed by atoms with van der Waals surface area (Å²) in [4.78, 5) is 26.7. The number of anilines is 1. The molecule has 0 unspecified atom stereocenters. The summed E-state index contributed by atoms with van der Waals surface area (Å²) in [5, 5.41) is 4.61. The first kappa shape index (κ1) is 16.0. The highest BCUT2D eigenvalue weighted by Crippen LogP contribution is 2.49. The SMILES string of the molecule is O=C1[C@@H]2[C@H](C(=O)N1c1ccn(Cc3c(F)cccc3Cl)n1)[C@H]1CC[C@@H]2O1. The Morgan fingerprint density at radius 1 is 1.15 bits per heavy atom. The van der Waals surface area contributed by atoms with Crippen molar-refractivity contribution in [2.75, 3.05) is 4.90 Å². The lowest BCUT2D eigenvalue weighted by Crippen LogP contribution is -2.34. The molecule has 4 heterocycles. The number of halogens is 2. The van der Waals surface area contributed by atoms with Gasteiger partial charge in [-0.1, -0.05) is 17.7 Å². The molecule has 0 N–H and O–H groups in total. The standard InChI is InChI=1S/C18H15ClFN3O3/c19-10-2-1-3-11(20)9(10)8-22-7-6-14(21-22)23-17(24)15-12-4-5-13(26-12)16(15)18(23)25/h1-3,6-7,12-13,15-16H,4-5,8H2/t12-,13+,15-,16+. The van der Waals surface area contributed by atoms with Gasteiger partial charge in [0.05, 0.1) is 30.6 Å². The zero-order valence-corrected chi connectivity index (χ0v) is 14.4. The van der Waals surface area contributed by atoms with E-state index >= 15 is 0 Å². The van der Waals surface area contributed by atoms with Crippen molar-refractivity contribution in [3.05, 3.63) is 46.9 Å². The monoisotopic (exact) mass is 375 g/mol. The zero-order chi connectivity index (χ0) is 18.0. The second-order valence-electron chi connectivity index (χ2n) is 6.93. The predicted molar refractivity (Wildman–Crippen MR) is 90.1 cm³/mol. The Labute approximate surface area is 153 Å². The summed E-state index contributed by atoms with van der Waals surface area (Å²) in [5.74, 6) is -1.45. The molecule has 3 aliphatic heterocycles. The topological polar surface area (TPSA) is 64.4 Å². The number of aromatic nitrogens is 2. The maximum atomic E-state index is 14.0. The number of hydrogen-bond acceptors (Lipinski definition) is 4. The van der Waals surface area contributed by atoms with Gasteiger partial charge < -0.3 is 4.74 Å². The van der Waals surface area contributed by atoms with E-state index in [1.165, 1.54) is 16.8 Å². The molecule has 26 heavy (non-hydrogen) atoms. The van der Waals surface area contributed by atoms with Crippen molar-refractivity contribution in [2.24, 2.45) is 11.8 Å². The predicted octanol–water partition coefficient (Wildman–Crippen LogP) is 2.39. The average molecular weight is 376 g/mol. The van der Waals surface area contributed by atoms with Crippen molar-refractivity contribution in [1.82, 2.24) is 9.78 Å². The Hall–Kier alpha value is -2.25. The summed E-state index contributed by atoms with van der Waals surface area (Å²) >= 11 is 6.05. The van der Waals surface area contributed by atoms with Crippen LogP contribution in [0.25, 0.3) is 0 Å². The molecule has 2 bridgehead atoms. The molecule has 0 radical (unpaired) electrons. The molecule has 8 heteroatoms. The highest BCUT2D eigenvalue weighted by atomic mass is 35.5. The fourth-order valence-corrected chi connectivity index (χ4v) is 4.56. The molecule has 2 amide bonds. The van der Waals surface area contributed by atoms with E-state index in [0.717, 1.165) is 17.7 Å². The van der Waals surface area contributed by atoms with Crippen molar-refractivity contribution in [2.45, 2.75) is 31.6 Å². The van der Waals surface area contributed by atoms with Gasteiger partial charge in [-0.25, -0.2) is 9.29 Å². The number of rotatable bonds is 3. The number of hydrogen-bond donors (Lipinski definition) is 0. The van der Waals surface area contributed by atoms with Crippen LogP contribution in [0.15, 0.2) is 30.5 Å². The molecule has 0 aliphatic carbocycles. The smallest absolute Gasteiger partial charge is 0.241 e. The third-order valence-electron chi connectivity index (χ3n) is 5.52. The average Bonchev–Trinajstić information content (AvgIpc) is 3.36. The molecule has 5 rings (SSSR count). The van der Waals surface area contributed by atoms with Crippen LogP contribution < -0.4 is 4.90 Å². The zero-order valence-electron chi connectivity index (χ0n) is 13.6. The highest BCUT2D eigenvalue weighted by Gasteiger charge is 2.63. The van der Waals surface area contributed by atoms with Gasteiger partial charge in [-0.3, -0.25) is 14.3 Å². The summed E-state index contributed by atoms with van der Waals surface area (Å²) in [6.45, 7) is 0.114. The molecular weight excluding hydrogens is 361 g/mol. The number of benzene rings is 1. The van der Waals surface area contributed by atoms with Crippen LogP contribution in [0.1, 0.15) is 18.4 Å². The van der Waals surface area contributed by atoms with Crippen LogP contribution in [-0.2, 0) is 20.9 Å². The lowest BCUT2D eigenvalue weighted by Gasteiger charge is -2.15. The molecule has 0 spiro atoms. The molecule has 3 aliphatic rings. The van der Waals surface area contributed by atoms with E-state index < -0.39 is 17.7 Å². The van der Waals surface area contributed by atoms with E-state index in [4.69, 9.17) is 16.3 Å². The van der Waals surface area contributed by atoms with Gasteiger partial charge in [-0.05, 0) is 25.0 Å². The number of nitrogens with zero attached hydrogens (tertiary/aromatic N) is 3. The first-order valence-electron chi connectivity index (χ1n) is 8.54. The minimum Gasteiger partial charge on any atom is -0.373 e. The van der Waals surface area contributed by atoms with Gasteiger partial charge in [-0.2, -0.15) is 5.10 Å². The Balaban J connectivity index is 1.42. The molecule has 2 aromatic rings. The minimum absolute atomic E-state index is 0.114. The van der Waals surface area contributed by atoms with Gasteiger partial charge >= 0.3 is 0 Å². The van der Waals surface area contributed by atoms with Gasteiger partial charge in [0, 0.05) is 22.8 Å². The van der Waals surface area contributed by atoms with Crippen LogP contribution in [0, 0.1) is 17.7 Å². The Kier molecular flexibility index (Phi) is 3.45. The maximum Gasteiger partial charge on any atom is 0.241 e. The summed E-state index contributed by atoms with van der Waals surface area (Å²) in [5.41, 5.74) is 0.311. The van der Waals surface area contributed by atoms with Crippen molar-refractivity contribution in [1.29, 1.82) is 0 Å². The molecule has 3 fully saturated rings. The van der Waals surface area contributed by atoms with Crippen molar-refractivity contribution < 1.29 is 18.7 Å². The molecule has 4 atom stereocenters. The lowest BCUT2D eigenvalue weighted by atomic mass is 9.81. The number of amides is 2. The Morgan fingerprint density at radius 3 is 2.50 bits per heavy atom. The largest absolute Gasteiger partial charge is 0.373 e. The van der Waals surface area contributed by atoms with Crippen LogP contribution in [0.2, 0.25) is 5.02 Å². The van der Waals surface area contributed by atoms with Crippen LogP contribution >= 0.6 is 11.6 Å². The van der Waals surface area contributed by atoms with Crippen molar-refractivity contribution in [3.8, 4) is 0 Å². The molecule has 134 valence electrons. The second-order valence-corrected chi connectivity index (χ2v) is 7.33. The molecule has 1 aromatic carbocycles. The maximum absolute atomic E-state index is 14.0. The number of ether oxygens (including phenoxy) is 1.